The zero-order valence-corrected chi connectivity index (χ0v) is 19.8. The van der Waals surface area contributed by atoms with E-state index in [0.717, 1.165) is 25.7 Å². The van der Waals surface area contributed by atoms with Crippen molar-refractivity contribution < 1.29 is 13.6 Å². The molecule has 0 aromatic carbocycles. The number of carbonyl (C=O) groups excluding carboxylic acids is 1. The highest BCUT2D eigenvalue weighted by Crippen LogP contribution is 2.49. The minimum absolute atomic E-state index is 0.0851. The number of primary amides is 1. The van der Waals surface area contributed by atoms with Crippen LogP contribution < -0.4 is 11.2 Å². The number of pyridine rings is 2. The molecule has 2 saturated carbocycles. The van der Waals surface area contributed by atoms with Gasteiger partial charge in [0, 0.05) is 36.7 Å². The van der Waals surface area contributed by atoms with Crippen LogP contribution in [0, 0.1) is 11.8 Å². The highest BCUT2D eigenvalue weighted by molar-refractivity contribution is 6.03. The van der Waals surface area contributed by atoms with Crippen molar-refractivity contribution in [1.29, 1.82) is 0 Å². The molecule has 2 aliphatic carbocycles. The number of hydrogen-bond acceptors (Lipinski definition) is 3. The first-order chi connectivity index (χ1) is 15.8. The van der Waals surface area contributed by atoms with E-state index in [-0.39, 0.29) is 29.8 Å². The maximum atomic E-state index is 14.4. The molecule has 1 amide bonds. The van der Waals surface area contributed by atoms with Crippen molar-refractivity contribution in [1.82, 2.24) is 9.97 Å². The van der Waals surface area contributed by atoms with Gasteiger partial charge in [0.2, 0.25) is 5.92 Å². The fraction of sp³-hybridized carbons (Fsp3) is 0.654. The normalized spacial score (nSPS) is 23.8. The molecular weight excluding hydrogens is 424 g/mol. The number of amides is 1. The molecule has 7 heteroatoms. The van der Waals surface area contributed by atoms with Crippen LogP contribution in [0.3, 0.4) is 0 Å². The molecule has 4 rings (SSSR count). The Kier molecular flexibility index (Phi) is 8.60. The molecule has 5 nitrogen and oxygen atoms in total. The van der Waals surface area contributed by atoms with Crippen molar-refractivity contribution in [2.45, 2.75) is 96.3 Å². The zero-order valence-electron chi connectivity index (χ0n) is 19.8. The zero-order chi connectivity index (χ0) is 24.0. The molecule has 2 aromatic heterocycles. The SMILES string of the molecule is CCC.NC(=O)c1nccc2[nH]c(C3CC(F)(F)CCC3C3CCCCCCC3)cc(=O)c12. The Balaban J connectivity index is 0.000000968. The number of halogens is 2. The third-order valence-corrected chi connectivity index (χ3v) is 7.03. The second-order valence-corrected chi connectivity index (χ2v) is 9.72. The molecule has 0 radical (unpaired) electrons. The Bertz CT molecular complexity index is 997. The van der Waals surface area contributed by atoms with E-state index in [9.17, 15) is 18.4 Å². The lowest BCUT2D eigenvalue weighted by atomic mass is 9.67. The second kappa shape index (κ2) is 11.2. The smallest absolute Gasteiger partial charge is 0.268 e. The maximum Gasteiger partial charge on any atom is 0.268 e. The monoisotopic (exact) mass is 461 g/mol. The molecule has 2 heterocycles. The van der Waals surface area contributed by atoms with Gasteiger partial charge in [-0.15, -0.1) is 0 Å². The second-order valence-electron chi connectivity index (χ2n) is 9.72. The first kappa shape index (κ1) is 25.3. The van der Waals surface area contributed by atoms with Crippen molar-refractivity contribution in [3.63, 3.8) is 0 Å². The summed E-state index contributed by atoms with van der Waals surface area (Å²) in [6.45, 7) is 4.25. The Labute approximate surface area is 194 Å². The van der Waals surface area contributed by atoms with Gasteiger partial charge in [-0.1, -0.05) is 65.2 Å². The average molecular weight is 462 g/mol. The number of carbonyl (C=O) groups is 1. The molecule has 0 aliphatic heterocycles. The highest BCUT2D eigenvalue weighted by atomic mass is 19.3. The number of H-pyrrole nitrogens is 1. The Morgan fingerprint density at radius 3 is 2.42 bits per heavy atom. The lowest BCUT2D eigenvalue weighted by Gasteiger charge is -2.41. The number of aromatic nitrogens is 2. The van der Waals surface area contributed by atoms with E-state index in [4.69, 9.17) is 5.73 Å². The summed E-state index contributed by atoms with van der Waals surface area (Å²) in [5.74, 6) is -3.38. The van der Waals surface area contributed by atoms with E-state index in [0.29, 0.717) is 23.5 Å². The highest BCUT2D eigenvalue weighted by Gasteiger charge is 2.44. The number of nitrogens with two attached hydrogens (primary N) is 1. The summed E-state index contributed by atoms with van der Waals surface area (Å²) in [4.78, 5) is 31.6. The van der Waals surface area contributed by atoms with Gasteiger partial charge in [-0.2, -0.15) is 0 Å². The van der Waals surface area contributed by atoms with Crippen LogP contribution in [0.15, 0.2) is 23.1 Å². The predicted molar refractivity (Wildman–Crippen MR) is 128 cm³/mol. The van der Waals surface area contributed by atoms with E-state index in [1.54, 1.807) is 6.07 Å². The standard InChI is InChI=1S/C23H29F2N3O2.C3H8/c24-23(25)10-8-15(14-6-4-2-1-3-5-7-14)16(13-23)18-12-19(29)20-17(28-18)9-11-27-21(20)22(26)30;1-3-2/h9,11-12,14-16H,1-8,10,13H2,(H2,26,30)(H,28,29);3H2,1-2H3. The van der Waals surface area contributed by atoms with Crippen molar-refractivity contribution in [3.05, 3.63) is 39.9 Å². The van der Waals surface area contributed by atoms with Crippen LogP contribution in [0.5, 0.6) is 0 Å². The van der Waals surface area contributed by atoms with Gasteiger partial charge in [-0.3, -0.25) is 14.6 Å². The molecule has 2 unspecified atom stereocenters. The molecular formula is C26H37F2N3O2. The van der Waals surface area contributed by atoms with E-state index < -0.39 is 23.2 Å². The lowest BCUT2D eigenvalue weighted by Crippen LogP contribution is -2.36. The van der Waals surface area contributed by atoms with E-state index >= 15 is 0 Å². The minimum atomic E-state index is -2.73. The summed E-state index contributed by atoms with van der Waals surface area (Å²) in [5.41, 5.74) is 5.83. The van der Waals surface area contributed by atoms with E-state index in [1.165, 1.54) is 37.9 Å². The van der Waals surface area contributed by atoms with Crippen LogP contribution in [0.25, 0.3) is 10.9 Å². The molecule has 0 saturated heterocycles. The molecule has 0 spiro atoms. The largest absolute Gasteiger partial charge is 0.364 e. The number of hydrogen-bond donors (Lipinski definition) is 2. The molecule has 3 N–H and O–H groups in total. The predicted octanol–water partition coefficient (Wildman–Crippen LogP) is 6.32. The van der Waals surface area contributed by atoms with Gasteiger partial charge in [0.15, 0.2) is 5.43 Å². The van der Waals surface area contributed by atoms with Gasteiger partial charge in [-0.25, -0.2) is 8.78 Å². The van der Waals surface area contributed by atoms with E-state index in [2.05, 4.69) is 23.8 Å². The number of alkyl halides is 2. The topological polar surface area (TPSA) is 88.8 Å². The number of rotatable bonds is 3. The Hall–Kier alpha value is -2.31. The van der Waals surface area contributed by atoms with Crippen molar-refractivity contribution in [3.8, 4) is 0 Å². The summed E-state index contributed by atoms with van der Waals surface area (Å²) in [6.07, 6.45) is 10.9. The van der Waals surface area contributed by atoms with Gasteiger partial charge < -0.3 is 10.7 Å². The molecule has 2 fully saturated rings. The fourth-order valence-electron chi connectivity index (χ4n) is 5.58. The molecule has 33 heavy (non-hydrogen) atoms. The molecule has 2 aromatic rings. The third-order valence-electron chi connectivity index (χ3n) is 7.03. The van der Waals surface area contributed by atoms with Crippen LogP contribution in [-0.4, -0.2) is 21.8 Å². The van der Waals surface area contributed by atoms with Crippen LogP contribution in [0.2, 0.25) is 0 Å². The van der Waals surface area contributed by atoms with Crippen LogP contribution in [0.1, 0.15) is 107 Å². The van der Waals surface area contributed by atoms with E-state index in [1.807, 2.05) is 0 Å². The molecule has 2 aliphatic rings. The van der Waals surface area contributed by atoms with Crippen molar-refractivity contribution >= 4 is 16.8 Å². The van der Waals surface area contributed by atoms with Crippen molar-refractivity contribution in [2.75, 3.05) is 0 Å². The summed E-state index contributed by atoms with van der Waals surface area (Å²) < 4.78 is 28.9. The number of fused-ring (bicyclic) bond motifs is 1. The van der Waals surface area contributed by atoms with Crippen molar-refractivity contribution in [2.24, 2.45) is 17.6 Å². The fourth-order valence-corrected chi connectivity index (χ4v) is 5.58. The first-order valence-corrected chi connectivity index (χ1v) is 12.5. The first-order valence-electron chi connectivity index (χ1n) is 12.5. The Morgan fingerprint density at radius 1 is 1.15 bits per heavy atom. The minimum Gasteiger partial charge on any atom is -0.364 e. The van der Waals surface area contributed by atoms with Gasteiger partial charge in [0.05, 0.1) is 10.9 Å². The van der Waals surface area contributed by atoms with Gasteiger partial charge in [0.25, 0.3) is 5.91 Å². The number of aromatic amines is 1. The molecule has 182 valence electrons. The lowest BCUT2D eigenvalue weighted by molar-refractivity contribution is -0.0642. The van der Waals surface area contributed by atoms with Gasteiger partial charge in [-0.05, 0) is 24.3 Å². The summed E-state index contributed by atoms with van der Waals surface area (Å²) in [6, 6.07) is 2.98. The van der Waals surface area contributed by atoms with Gasteiger partial charge >= 0.3 is 0 Å². The molecule has 2 atom stereocenters. The quantitative estimate of drug-likeness (QED) is 0.561. The van der Waals surface area contributed by atoms with Crippen LogP contribution in [0.4, 0.5) is 8.78 Å². The van der Waals surface area contributed by atoms with Gasteiger partial charge in [0.1, 0.15) is 5.69 Å². The summed E-state index contributed by atoms with van der Waals surface area (Å²) in [7, 11) is 0. The van der Waals surface area contributed by atoms with Crippen LogP contribution in [-0.2, 0) is 0 Å². The number of nitrogens with one attached hydrogen (secondary N) is 1. The summed E-state index contributed by atoms with van der Waals surface area (Å²) >= 11 is 0. The Morgan fingerprint density at radius 2 is 1.79 bits per heavy atom. The average Bonchev–Trinajstić information content (AvgIpc) is 2.73. The van der Waals surface area contributed by atoms with Crippen LogP contribution >= 0.6 is 0 Å². The summed E-state index contributed by atoms with van der Waals surface area (Å²) in [5, 5.41) is 0.124. The maximum absolute atomic E-state index is 14.4. The molecule has 0 bridgehead atoms. The third kappa shape index (κ3) is 6.18. The number of nitrogens with zero attached hydrogens (tertiary/aromatic N) is 1.